The number of nitrogens with zero attached hydrogens (tertiary/aromatic N) is 1. The van der Waals surface area contributed by atoms with Crippen LogP contribution in [0.2, 0.25) is 0 Å². The van der Waals surface area contributed by atoms with E-state index in [1.807, 2.05) is 38.1 Å². The third kappa shape index (κ3) is 6.44. The van der Waals surface area contributed by atoms with E-state index in [0.29, 0.717) is 18.6 Å². The van der Waals surface area contributed by atoms with E-state index in [-0.39, 0.29) is 11.8 Å². The molecule has 0 spiro atoms. The molecular weight excluding hydrogens is 458 g/mol. The smallest absolute Gasteiger partial charge is 0.315 e. The Morgan fingerprint density at radius 2 is 1.32 bits per heavy atom. The van der Waals surface area contributed by atoms with E-state index < -0.39 is 5.41 Å². The van der Waals surface area contributed by atoms with Crippen LogP contribution in [0.4, 0.5) is 0 Å². The number of esters is 1. The Hall–Kier alpha value is -3.50. The lowest BCUT2D eigenvalue weighted by molar-refractivity contribution is -0.148. The summed E-state index contributed by atoms with van der Waals surface area (Å²) in [6.45, 7) is 8.53. The van der Waals surface area contributed by atoms with Crippen molar-refractivity contribution in [1.29, 1.82) is 0 Å². The number of benzene rings is 3. The zero-order valence-electron chi connectivity index (χ0n) is 22.2. The molecule has 37 heavy (non-hydrogen) atoms. The summed E-state index contributed by atoms with van der Waals surface area (Å²) >= 11 is 0. The third-order valence-corrected chi connectivity index (χ3v) is 7.31. The van der Waals surface area contributed by atoms with E-state index >= 15 is 0 Å². The molecule has 4 nitrogen and oxygen atoms in total. The standard InChI is InChI=1S/C33H37NO3/c1-4-37-32(36)33(2,3)29-17-15-25(16-18-29)30(35)21-24-34-22-19-28(20-23-34)31(26-11-7-5-8-12-26)27-13-9-6-10-14-27/h5-18H,4,19-24H2,1-3H3. The predicted molar refractivity (Wildman–Crippen MR) is 150 cm³/mol. The molecule has 0 aromatic heterocycles. The average Bonchev–Trinajstić information content (AvgIpc) is 2.94. The number of hydrogen-bond donors (Lipinski definition) is 0. The van der Waals surface area contributed by atoms with Gasteiger partial charge < -0.3 is 9.64 Å². The summed E-state index contributed by atoms with van der Waals surface area (Å²) in [5.74, 6) is -0.119. The van der Waals surface area contributed by atoms with E-state index in [4.69, 9.17) is 4.74 Å². The second-order valence-electron chi connectivity index (χ2n) is 10.1. The van der Waals surface area contributed by atoms with Gasteiger partial charge in [-0.2, -0.15) is 0 Å². The van der Waals surface area contributed by atoms with Gasteiger partial charge in [0.2, 0.25) is 0 Å². The molecular formula is C33H37NO3. The first-order chi connectivity index (χ1) is 17.9. The highest BCUT2D eigenvalue weighted by Gasteiger charge is 2.31. The number of Topliss-reactive ketones (excluding diaryl/α,β-unsaturated/α-hetero) is 1. The van der Waals surface area contributed by atoms with Gasteiger partial charge in [0.05, 0.1) is 12.0 Å². The maximum atomic E-state index is 12.9. The number of carbonyl (C=O) groups excluding carboxylic acids is 2. The Kier molecular flexibility index (Phi) is 8.73. The molecule has 1 saturated heterocycles. The van der Waals surface area contributed by atoms with E-state index in [1.54, 1.807) is 6.92 Å². The first kappa shape index (κ1) is 26.6. The van der Waals surface area contributed by atoms with Crippen molar-refractivity contribution in [1.82, 2.24) is 4.90 Å². The fourth-order valence-electron chi connectivity index (χ4n) is 4.99. The Labute approximate surface area is 221 Å². The van der Waals surface area contributed by atoms with E-state index in [9.17, 15) is 9.59 Å². The van der Waals surface area contributed by atoms with E-state index in [2.05, 4.69) is 65.6 Å². The van der Waals surface area contributed by atoms with Gasteiger partial charge in [0.1, 0.15) is 0 Å². The van der Waals surface area contributed by atoms with Gasteiger partial charge in [0, 0.05) is 31.6 Å². The lowest BCUT2D eigenvalue weighted by Gasteiger charge is -2.30. The normalized spacial score (nSPS) is 14.3. The zero-order valence-corrected chi connectivity index (χ0v) is 22.2. The minimum atomic E-state index is -0.741. The number of likely N-dealkylation sites (tertiary alicyclic amines) is 1. The van der Waals surface area contributed by atoms with Gasteiger partial charge in [-0.05, 0) is 55.9 Å². The number of ether oxygens (including phenoxy) is 1. The van der Waals surface area contributed by atoms with Gasteiger partial charge in [0.15, 0.2) is 5.78 Å². The third-order valence-electron chi connectivity index (χ3n) is 7.31. The van der Waals surface area contributed by atoms with Crippen LogP contribution < -0.4 is 0 Å². The summed E-state index contributed by atoms with van der Waals surface area (Å²) < 4.78 is 5.20. The van der Waals surface area contributed by atoms with E-state index in [0.717, 1.165) is 38.0 Å². The molecule has 1 aliphatic heterocycles. The molecule has 0 unspecified atom stereocenters. The molecule has 0 bridgehead atoms. The zero-order chi connectivity index (χ0) is 26.3. The van der Waals surface area contributed by atoms with Crippen molar-refractivity contribution in [2.45, 2.75) is 45.4 Å². The van der Waals surface area contributed by atoms with Crippen LogP contribution in [0, 0.1) is 0 Å². The Bertz CT molecular complexity index is 1180. The molecule has 0 radical (unpaired) electrons. The van der Waals surface area contributed by atoms with Crippen molar-refractivity contribution < 1.29 is 14.3 Å². The van der Waals surface area contributed by atoms with Crippen molar-refractivity contribution in [3.05, 3.63) is 113 Å². The molecule has 0 N–H and O–H groups in total. The summed E-state index contributed by atoms with van der Waals surface area (Å²) in [6, 6.07) is 28.7. The van der Waals surface area contributed by atoms with Gasteiger partial charge in [-0.3, -0.25) is 9.59 Å². The number of ketones is 1. The number of piperidine rings is 1. The van der Waals surface area contributed by atoms with Crippen LogP contribution in [0.25, 0.3) is 5.57 Å². The summed E-state index contributed by atoms with van der Waals surface area (Å²) in [7, 11) is 0. The summed E-state index contributed by atoms with van der Waals surface area (Å²) in [6.07, 6.45) is 2.50. The minimum Gasteiger partial charge on any atom is -0.465 e. The fourth-order valence-corrected chi connectivity index (χ4v) is 4.99. The van der Waals surface area contributed by atoms with Crippen molar-refractivity contribution in [2.75, 3.05) is 26.2 Å². The van der Waals surface area contributed by atoms with Crippen LogP contribution >= 0.6 is 0 Å². The molecule has 0 atom stereocenters. The molecule has 1 aliphatic rings. The van der Waals surface area contributed by atoms with Crippen LogP contribution in [-0.4, -0.2) is 42.9 Å². The molecule has 4 heteroatoms. The summed E-state index contributed by atoms with van der Waals surface area (Å²) in [4.78, 5) is 27.6. The Balaban J connectivity index is 1.37. The lowest BCUT2D eigenvalue weighted by Crippen LogP contribution is -2.33. The van der Waals surface area contributed by atoms with Gasteiger partial charge in [0.25, 0.3) is 0 Å². The SMILES string of the molecule is CCOC(=O)C(C)(C)c1ccc(C(=O)CCN2CCC(=C(c3ccccc3)c3ccccc3)CC2)cc1. The van der Waals surface area contributed by atoms with Crippen LogP contribution in [0.1, 0.15) is 67.1 Å². The number of rotatable bonds is 9. The van der Waals surface area contributed by atoms with Crippen molar-refractivity contribution in [3.63, 3.8) is 0 Å². The van der Waals surface area contributed by atoms with Crippen LogP contribution in [0.15, 0.2) is 90.5 Å². The molecule has 1 heterocycles. The largest absolute Gasteiger partial charge is 0.465 e. The molecule has 192 valence electrons. The molecule has 1 fully saturated rings. The summed E-state index contributed by atoms with van der Waals surface area (Å²) in [5.41, 5.74) is 6.17. The van der Waals surface area contributed by atoms with Crippen LogP contribution in [0.5, 0.6) is 0 Å². The Morgan fingerprint density at radius 1 is 0.784 bits per heavy atom. The molecule has 0 amide bonds. The predicted octanol–water partition coefficient (Wildman–Crippen LogP) is 6.70. The van der Waals surface area contributed by atoms with Crippen molar-refractivity contribution >= 4 is 17.3 Å². The average molecular weight is 496 g/mol. The van der Waals surface area contributed by atoms with Crippen LogP contribution in [0.3, 0.4) is 0 Å². The van der Waals surface area contributed by atoms with Gasteiger partial charge in [-0.25, -0.2) is 0 Å². The second-order valence-corrected chi connectivity index (χ2v) is 10.1. The number of hydrogen-bond acceptors (Lipinski definition) is 4. The summed E-state index contributed by atoms with van der Waals surface area (Å²) in [5, 5.41) is 0. The molecule has 4 rings (SSSR count). The van der Waals surface area contributed by atoms with E-state index in [1.165, 1.54) is 22.3 Å². The van der Waals surface area contributed by atoms with Gasteiger partial charge in [-0.1, -0.05) is 90.5 Å². The van der Waals surface area contributed by atoms with Crippen molar-refractivity contribution in [2.24, 2.45) is 0 Å². The van der Waals surface area contributed by atoms with Crippen molar-refractivity contribution in [3.8, 4) is 0 Å². The highest BCUT2D eigenvalue weighted by molar-refractivity contribution is 5.96. The monoisotopic (exact) mass is 495 g/mol. The minimum absolute atomic E-state index is 0.135. The highest BCUT2D eigenvalue weighted by atomic mass is 16.5. The quantitative estimate of drug-likeness (QED) is 0.245. The first-order valence-electron chi connectivity index (χ1n) is 13.3. The molecule has 3 aromatic carbocycles. The Morgan fingerprint density at radius 3 is 1.84 bits per heavy atom. The molecule has 0 aliphatic carbocycles. The highest BCUT2D eigenvalue weighted by Crippen LogP contribution is 2.32. The topological polar surface area (TPSA) is 46.6 Å². The van der Waals surface area contributed by atoms with Crippen LogP contribution in [-0.2, 0) is 14.9 Å². The lowest BCUT2D eigenvalue weighted by atomic mass is 9.84. The maximum absolute atomic E-state index is 12.9. The van der Waals surface area contributed by atoms with Gasteiger partial charge >= 0.3 is 5.97 Å². The molecule has 3 aromatic rings. The first-order valence-corrected chi connectivity index (χ1v) is 13.3. The second kappa shape index (κ2) is 12.2. The fraction of sp³-hybridized carbons (Fsp3) is 0.333. The maximum Gasteiger partial charge on any atom is 0.315 e. The van der Waals surface area contributed by atoms with Gasteiger partial charge in [-0.15, -0.1) is 0 Å². The number of carbonyl (C=O) groups is 2. The molecule has 0 saturated carbocycles.